The minimum atomic E-state index is -0.433. The van der Waals surface area contributed by atoms with Gasteiger partial charge < -0.3 is 19.7 Å². The van der Waals surface area contributed by atoms with E-state index in [0.717, 1.165) is 22.8 Å². The predicted octanol–water partition coefficient (Wildman–Crippen LogP) is 4.20. The fourth-order valence-electron chi connectivity index (χ4n) is 4.09. The Balaban J connectivity index is 1.51. The molecule has 0 fully saturated rings. The van der Waals surface area contributed by atoms with Gasteiger partial charge in [-0.25, -0.2) is 9.79 Å². The molecule has 2 aliphatic heterocycles. The van der Waals surface area contributed by atoms with E-state index in [9.17, 15) is 9.59 Å². The van der Waals surface area contributed by atoms with Crippen LogP contribution in [-0.2, 0) is 25.5 Å². The van der Waals surface area contributed by atoms with Crippen molar-refractivity contribution in [2.75, 3.05) is 26.9 Å². The molecule has 2 heterocycles. The Bertz CT molecular complexity index is 1150. The number of rotatable bonds is 10. The summed E-state index contributed by atoms with van der Waals surface area (Å²) in [5, 5.41) is 5.70. The van der Waals surface area contributed by atoms with Gasteiger partial charge in [0.25, 0.3) is 0 Å². The number of hydrogen-bond acceptors (Lipinski definition) is 7. The van der Waals surface area contributed by atoms with Crippen molar-refractivity contribution >= 4 is 28.8 Å². The average molecular weight is 492 g/mol. The van der Waals surface area contributed by atoms with Crippen LogP contribution < -0.4 is 5.32 Å². The zero-order chi connectivity index (χ0) is 24.6. The smallest absolute Gasteiger partial charge is 0.338 e. The molecule has 2 aromatic rings. The summed E-state index contributed by atoms with van der Waals surface area (Å²) < 4.78 is 10.5. The molecule has 0 aromatic heterocycles. The zero-order valence-corrected chi connectivity index (χ0v) is 20.7. The number of nitrogens with one attached hydrogen (secondary N) is 1. The van der Waals surface area contributed by atoms with E-state index >= 15 is 0 Å². The highest BCUT2D eigenvalue weighted by Gasteiger charge is 2.41. The van der Waals surface area contributed by atoms with Crippen molar-refractivity contribution in [3.05, 3.63) is 94.2 Å². The number of nitrogens with zero attached hydrogens (tertiary/aromatic N) is 2. The maximum Gasteiger partial charge on any atom is 0.338 e. The van der Waals surface area contributed by atoms with E-state index < -0.39 is 12.0 Å². The number of allylic oxidation sites excluding steroid dienone is 1. The normalized spacial score (nSPS) is 17.0. The van der Waals surface area contributed by atoms with Crippen LogP contribution in [0, 0.1) is 0 Å². The first-order chi connectivity index (χ1) is 17.1. The van der Waals surface area contributed by atoms with E-state index in [-0.39, 0.29) is 18.9 Å². The fourth-order valence-corrected chi connectivity index (χ4v) is 5.06. The molecule has 1 atom stereocenters. The quantitative estimate of drug-likeness (QED) is 0.396. The third-order valence-electron chi connectivity index (χ3n) is 5.78. The van der Waals surface area contributed by atoms with Crippen LogP contribution in [-0.4, -0.2) is 48.8 Å². The highest BCUT2D eigenvalue weighted by Crippen LogP contribution is 2.44. The lowest BCUT2D eigenvalue weighted by molar-refractivity contribution is -0.141. The van der Waals surface area contributed by atoms with Gasteiger partial charge in [0, 0.05) is 19.4 Å². The SMILES string of the molecule is COCCOC(=O)C1=C(C)N=C2SC=C(CC(=O)NCCc3ccccc3)N2[C@@H]1c1ccccc1. The number of amides is 1. The summed E-state index contributed by atoms with van der Waals surface area (Å²) in [6.45, 7) is 2.85. The van der Waals surface area contributed by atoms with Crippen LogP contribution in [0.1, 0.15) is 30.5 Å². The number of carbonyl (C=O) groups excluding carboxylic acids is 2. The van der Waals surface area contributed by atoms with E-state index in [0.29, 0.717) is 24.4 Å². The van der Waals surface area contributed by atoms with Crippen LogP contribution in [0.25, 0.3) is 0 Å². The lowest BCUT2D eigenvalue weighted by Gasteiger charge is -2.36. The van der Waals surface area contributed by atoms with Crippen LogP contribution in [0.2, 0.25) is 0 Å². The largest absolute Gasteiger partial charge is 0.460 e. The van der Waals surface area contributed by atoms with Gasteiger partial charge in [-0.3, -0.25) is 4.79 Å². The number of esters is 1. The summed E-state index contributed by atoms with van der Waals surface area (Å²) in [6.07, 6.45) is 0.956. The summed E-state index contributed by atoms with van der Waals surface area (Å²) >= 11 is 1.46. The first kappa shape index (κ1) is 24.8. The summed E-state index contributed by atoms with van der Waals surface area (Å²) in [4.78, 5) is 32.6. The third-order valence-corrected chi connectivity index (χ3v) is 6.67. The van der Waals surface area contributed by atoms with Crippen molar-refractivity contribution in [1.82, 2.24) is 10.2 Å². The molecule has 1 amide bonds. The first-order valence-electron chi connectivity index (χ1n) is 11.5. The second-order valence-corrected chi connectivity index (χ2v) is 9.03. The van der Waals surface area contributed by atoms with Gasteiger partial charge in [-0.1, -0.05) is 72.4 Å². The molecule has 4 rings (SSSR count). The average Bonchev–Trinajstić information content (AvgIpc) is 3.26. The maximum atomic E-state index is 13.1. The summed E-state index contributed by atoms with van der Waals surface area (Å²) in [5.41, 5.74) is 3.98. The molecular formula is C27H29N3O4S. The maximum absolute atomic E-state index is 13.1. The number of carbonyl (C=O) groups is 2. The van der Waals surface area contributed by atoms with Crippen molar-refractivity contribution in [2.24, 2.45) is 4.99 Å². The molecule has 7 nitrogen and oxygen atoms in total. The molecule has 182 valence electrons. The van der Waals surface area contributed by atoms with Crippen LogP contribution in [0.3, 0.4) is 0 Å². The fraction of sp³-hybridized carbons (Fsp3) is 0.296. The molecule has 1 N–H and O–H groups in total. The van der Waals surface area contributed by atoms with E-state index in [4.69, 9.17) is 9.47 Å². The minimum Gasteiger partial charge on any atom is -0.460 e. The molecule has 0 unspecified atom stereocenters. The molecule has 8 heteroatoms. The van der Waals surface area contributed by atoms with Gasteiger partial charge in [-0.15, -0.1) is 0 Å². The van der Waals surface area contributed by atoms with Crippen molar-refractivity contribution in [3.8, 4) is 0 Å². The highest BCUT2D eigenvalue weighted by molar-refractivity contribution is 8.16. The summed E-state index contributed by atoms with van der Waals surface area (Å²) in [6, 6.07) is 19.4. The second kappa shape index (κ2) is 11.9. The van der Waals surface area contributed by atoms with E-state index in [1.807, 2.05) is 77.9 Å². The Hall–Kier alpha value is -3.36. The van der Waals surface area contributed by atoms with Gasteiger partial charge in [-0.05, 0) is 29.9 Å². The highest BCUT2D eigenvalue weighted by atomic mass is 32.2. The lowest BCUT2D eigenvalue weighted by atomic mass is 9.94. The van der Waals surface area contributed by atoms with Crippen LogP contribution in [0.5, 0.6) is 0 Å². The van der Waals surface area contributed by atoms with Gasteiger partial charge in [0.05, 0.1) is 30.3 Å². The molecule has 0 spiro atoms. The standard InChI is InChI=1S/C27H29N3O4S/c1-19-24(26(32)34-16-15-33-2)25(21-11-7-4-8-12-21)30-22(18-35-27(30)29-19)17-23(31)28-14-13-20-9-5-3-6-10-20/h3-12,18,25H,13-17H2,1-2H3,(H,28,31)/t25-/m1/s1. The van der Waals surface area contributed by atoms with Crippen LogP contribution >= 0.6 is 11.8 Å². The van der Waals surface area contributed by atoms with Crippen LogP contribution in [0.4, 0.5) is 0 Å². The number of methoxy groups -OCH3 is 1. The third kappa shape index (κ3) is 6.01. The molecule has 2 aromatic carbocycles. The molecule has 0 radical (unpaired) electrons. The number of aliphatic imine (C=N–C) groups is 1. The molecule has 0 aliphatic carbocycles. The Morgan fingerprint density at radius 2 is 1.77 bits per heavy atom. The number of amidine groups is 1. The zero-order valence-electron chi connectivity index (χ0n) is 19.9. The van der Waals surface area contributed by atoms with E-state index in [1.165, 1.54) is 17.3 Å². The number of hydrogen-bond donors (Lipinski definition) is 1. The predicted molar refractivity (Wildman–Crippen MR) is 137 cm³/mol. The van der Waals surface area contributed by atoms with Gasteiger partial charge in [0.1, 0.15) is 6.61 Å². The molecule has 0 saturated carbocycles. The topological polar surface area (TPSA) is 80.2 Å². The molecule has 35 heavy (non-hydrogen) atoms. The summed E-state index contributed by atoms with van der Waals surface area (Å²) in [5.74, 6) is -0.504. The minimum absolute atomic E-state index is 0.0728. The molecule has 0 saturated heterocycles. The van der Waals surface area contributed by atoms with Crippen molar-refractivity contribution in [1.29, 1.82) is 0 Å². The lowest BCUT2D eigenvalue weighted by Crippen LogP contribution is -2.38. The molecule has 0 bridgehead atoms. The van der Waals surface area contributed by atoms with Crippen molar-refractivity contribution in [3.63, 3.8) is 0 Å². The number of thioether (sulfide) groups is 1. The van der Waals surface area contributed by atoms with Gasteiger partial charge in [0.15, 0.2) is 5.17 Å². The Labute approximate surface area is 209 Å². The summed E-state index contributed by atoms with van der Waals surface area (Å²) in [7, 11) is 1.56. The van der Waals surface area contributed by atoms with Gasteiger partial charge in [0.2, 0.25) is 5.91 Å². The number of ether oxygens (including phenoxy) is 2. The van der Waals surface area contributed by atoms with Gasteiger partial charge >= 0.3 is 5.97 Å². The van der Waals surface area contributed by atoms with E-state index in [1.54, 1.807) is 7.11 Å². The number of benzene rings is 2. The van der Waals surface area contributed by atoms with Crippen LogP contribution in [0.15, 0.2) is 88.0 Å². The van der Waals surface area contributed by atoms with Crippen molar-refractivity contribution in [2.45, 2.75) is 25.8 Å². The molecule has 2 aliphatic rings. The Morgan fingerprint density at radius 3 is 2.49 bits per heavy atom. The second-order valence-electron chi connectivity index (χ2n) is 8.19. The van der Waals surface area contributed by atoms with Gasteiger partial charge in [-0.2, -0.15) is 0 Å². The molecular weight excluding hydrogens is 462 g/mol. The van der Waals surface area contributed by atoms with E-state index in [2.05, 4.69) is 10.3 Å². The Morgan fingerprint density at radius 1 is 1.06 bits per heavy atom. The van der Waals surface area contributed by atoms with Crippen molar-refractivity contribution < 1.29 is 19.1 Å². The first-order valence-corrected chi connectivity index (χ1v) is 12.4. The Kier molecular flexibility index (Phi) is 8.39. The number of fused-ring (bicyclic) bond motifs is 1. The monoisotopic (exact) mass is 491 g/mol.